The molecule has 0 unspecified atom stereocenters. The monoisotopic (exact) mass is 425 g/mol. The standard InChI is InChI=1S/C24H31N3O4/c1-17-14-21(28)27(20-15-18(30-5)6-7-19(17)20)13-10-24(16-25)8-11-26(12-9-24)22(29)31-23(2,3)4/h6-7,14-15H,8-13H2,1-5H3. The summed E-state index contributed by atoms with van der Waals surface area (Å²) in [7, 11) is 1.60. The predicted octanol–water partition coefficient (Wildman–Crippen LogP) is 4.25. The number of likely N-dealkylation sites (tertiary alicyclic amines) is 1. The first-order chi connectivity index (χ1) is 14.6. The number of carbonyl (C=O) groups excluding carboxylic acids is 1. The number of nitrogens with zero attached hydrogens (tertiary/aromatic N) is 3. The van der Waals surface area contributed by atoms with Crippen LogP contribution in [0.1, 0.15) is 45.6 Å². The smallest absolute Gasteiger partial charge is 0.410 e. The fraction of sp³-hybridized carbons (Fsp3) is 0.542. The van der Waals surface area contributed by atoms with E-state index in [-0.39, 0.29) is 11.7 Å². The molecule has 7 heteroatoms. The largest absolute Gasteiger partial charge is 0.497 e. The third kappa shape index (κ3) is 5.01. The van der Waals surface area contributed by atoms with Crippen molar-refractivity contribution in [3.8, 4) is 11.8 Å². The van der Waals surface area contributed by atoms with Gasteiger partial charge in [-0.3, -0.25) is 4.79 Å². The van der Waals surface area contributed by atoms with Crippen molar-refractivity contribution in [3.63, 3.8) is 0 Å². The summed E-state index contributed by atoms with van der Waals surface area (Å²) in [6.07, 6.45) is 1.32. The number of hydrogen-bond donors (Lipinski definition) is 0. The molecule has 1 aromatic carbocycles. The number of amides is 1. The summed E-state index contributed by atoms with van der Waals surface area (Å²) in [6, 6.07) is 9.82. The Bertz CT molecular complexity index is 1070. The van der Waals surface area contributed by atoms with Gasteiger partial charge in [0.1, 0.15) is 11.4 Å². The lowest BCUT2D eigenvalue weighted by Crippen LogP contribution is -2.45. The Kier molecular flexibility index (Phi) is 6.30. The van der Waals surface area contributed by atoms with E-state index in [4.69, 9.17) is 9.47 Å². The molecule has 0 saturated carbocycles. The van der Waals surface area contributed by atoms with Crippen LogP contribution in [0.5, 0.6) is 5.75 Å². The van der Waals surface area contributed by atoms with Crippen molar-refractivity contribution in [2.75, 3.05) is 20.2 Å². The zero-order chi connectivity index (χ0) is 22.8. The maximum atomic E-state index is 12.8. The van der Waals surface area contributed by atoms with Crippen LogP contribution in [-0.4, -0.2) is 41.4 Å². The Balaban J connectivity index is 1.78. The highest BCUT2D eigenvalue weighted by Gasteiger charge is 2.37. The first-order valence-electron chi connectivity index (χ1n) is 10.6. The van der Waals surface area contributed by atoms with Gasteiger partial charge in [0.2, 0.25) is 0 Å². The number of nitriles is 1. The Labute approximate surface area is 183 Å². The fourth-order valence-corrected chi connectivity index (χ4v) is 4.07. The molecule has 166 valence electrons. The molecule has 1 fully saturated rings. The van der Waals surface area contributed by atoms with E-state index in [0.717, 1.165) is 16.5 Å². The summed E-state index contributed by atoms with van der Waals surface area (Å²) in [5, 5.41) is 10.9. The van der Waals surface area contributed by atoms with Crippen LogP contribution in [0.2, 0.25) is 0 Å². The van der Waals surface area contributed by atoms with Crippen molar-refractivity contribution in [1.29, 1.82) is 5.26 Å². The van der Waals surface area contributed by atoms with Crippen LogP contribution in [-0.2, 0) is 11.3 Å². The average molecular weight is 426 g/mol. The predicted molar refractivity (Wildman–Crippen MR) is 119 cm³/mol. The molecular formula is C24H31N3O4. The molecule has 2 heterocycles. The zero-order valence-corrected chi connectivity index (χ0v) is 19.0. The number of hydrogen-bond acceptors (Lipinski definition) is 5. The second-order valence-corrected chi connectivity index (χ2v) is 9.31. The molecule has 7 nitrogen and oxygen atoms in total. The van der Waals surface area contributed by atoms with Gasteiger partial charge in [-0.05, 0) is 64.7 Å². The second-order valence-electron chi connectivity index (χ2n) is 9.31. The molecule has 0 spiro atoms. The maximum absolute atomic E-state index is 12.8. The SMILES string of the molecule is COc1ccc2c(C)cc(=O)n(CCC3(C#N)CCN(C(=O)OC(C)(C)C)CC3)c2c1. The average Bonchev–Trinajstić information content (AvgIpc) is 2.72. The van der Waals surface area contributed by atoms with Gasteiger partial charge in [-0.1, -0.05) is 0 Å². The first-order valence-corrected chi connectivity index (χ1v) is 10.6. The summed E-state index contributed by atoms with van der Waals surface area (Å²) in [5.74, 6) is 0.687. The molecule has 3 rings (SSSR count). The van der Waals surface area contributed by atoms with Gasteiger partial charge >= 0.3 is 6.09 Å². The summed E-state index contributed by atoms with van der Waals surface area (Å²) >= 11 is 0. The van der Waals surface area contributed by atoms with E-state index in [1.165, 1.54) is 0 Å². The number of fused-ring (bicyclic) bond motifs is 1. The molecule has 31 heavy (non-hydrogen) atoms. The Morgan fingerprint density at radius 2 is 1.90 bits per heavy atom. The number of methoxy groups -OCH3 is 1. The number of carbonyl (C=O) groups is 1. The molecule has 0 bridgehead atoms. The van der Waals surface area contributed by atoms with E-state index in [0.29, 0.717) is 44.6 Å². The van der Waals surface area contributed by atoms with Crippen LogP contribution in [0, 0.1) is 23.7 Å². The summed E-state index contributed by atoms with van der Waals surface area (Å²) in [6.45, 7) is 8.82. The molecule has 1 aliphatic rings. The van der Waals surface area contributed by atoms with Crippen LogP contribution in [0.15, 0.2) is 29.1 Å². The molecular weight excluding hydrogens is 394 g/mol. The van der Waals surface area contributed by atoms with Crippen molar-refractivity contribution in [1.82, 2.24) is 9.47 Å². The number of aryl methyl sites for hydroxylation is 2. The molecule has 1 aliphatic heterocycles. The van der Waals surface area contributed by atoms with Crippen molar-refractivity contribution in [2.24, 2.45) is 5.41 Å². The van der Waals surface area contributed by atoms with Gasteiger partial charge in [-0.15, -0.1) is 0 Å². The summed E-state index contributed by atoms with van der Waals surface area (Å²) in [4.78, 5) is 26.8. The highest BCUT2D eigenvalue weighted by atomic mass is 16.6. The number of piperidine rings is 1. The van der Waals surface area contributed by atoms with Crippen LogP contribution in [0.25, 0.3) is 10.9 Å². The second kappa shape index (κ2) is 8.62. The Hall–Kier alpha value is -3.01. The number of ether oxygens (including phenoxy) is 2. The zero-order valence-electron chi connectivity index (χ0n) is 19.0. The van der Waals surface area contributed by atoms with Gasteiger partial charge in [-0.2, -0.15) is 5.26 Å². The minimum Gasteiger partial charge on any atom is -0.497 e. The lowest BCUT2D eigenvalue weighted by Gasteiger charge is -2.38. The Morgan fingerprint density at radius 3 is 2.48 bits per heavy atom. The minimum atomic E-state index is -0.575. The summed E-state index contributed by atoms with van der Waals surface area (Å²) in [5.41, 5.74) is 0.518. The lowest BCUT2D eigenvalue weighted by atomic mass is 9.77. The third-order valence-corrected chi connectivity index (χ3v) is 5.95. The highest BCUT2D eigenvalue weighted by Crippen LogP contribution is 2.35. The van der Waals surface area contributed by atoms with Gasteiger partial charge in [0.05, 0.1) is 24.1 Å². The Morgan fingerprint density at radius 1 is 1.23 bits per heavy atom. The van der Waals surface area contributed by atoms with Crippen molar-refractivity contribution in [2.45, 2.75) is 59.1 Å². The molecule has 1 amide bonds. The molecule has 1 saturated heterocycles. The first kappa shape index (κ1) is 22.7. The molecule has 0 radical (unpaired) electrons. The number of pyridine rings is 1. The number of rotatable bonds is 4. The van der Waals surface area contributed by atoms with Crippen LogP contribution < -0.4 is 10.3 Å². The molecule has 0 aliphatic carbocycles. The summed E-state index contributed by atoms with van der Waals surface area (Å²) < 4.78 is 12.5. The van der Waals surface area contributed by atoms with Gasteiger partial charge in [-0.25, -0.2) is 4.79 Å². The maximum Gasteiger partial charge on any atom is 0.410 e. The normalized spacial score (nSPS) is 16.1. The van der Waals surface area contributed by atoms with Crippen molar-refractivity contribution >= 4 is 17.0 Å². The van der Waals surface area contributed by atoms with Gasteiger partial charge in [0.15, 0.2) is 0 Å². The highest BCUT2D eigenvalue weighted by molar-refractivity contribution is 5.83. The fourth-order valence-electron chi connectivity index (χ4n) is 4.07. The van der Waals surface area contributed by atoms with Crippen LogP contribution >= 0.6 is 0 Å². The van der Waals surface area contributed by atoms with Crippen molar-refractivity contribution < 1.29 is 14.3 Å². The minimum absolute atomic E-state index is 0.0856. The van der Waals surface area contributed by atoms with E-state index < -0.39 is 11.0 Å². The van der Waals surface area contributed by atoms with Crippen LogP contribution in [0.4, 0.5) is 4.79 Å². The topological polar surface area (TPSA) is 84.6 Å². The van der Waals surface area contributed by atoms with E-state index in [2.05, 4.69) is 6.07 Å². The number of benzene rings is 1. The van der Waals surface area contributed by atoms with E-state index in [1.54, 1.807) is 22.6 Å². The van der Waals surface area contributed by atoms with Crippen molar-refractivity contribution in [3.05, 3.63) is 40.2 Å². The van der Waals surface area contributed by atoms with E-state index >= 15 is 0 Å². The molecule has 1 aromatic heterocycles. The molecule has 2 aromatic rings. The quantitative estimate of drug-likeness (QED) is 0.731. The lowest BCUT2D eigenvalue weighted by molar-refractivity contribution is 0.0140. The van der Waals surface area contributed by atoms with Gasteiger partial charge < -0.3 is 18.9 Å². The van der Waals surface area contributed by atoms with Crippen LogP contribution in [0.3, 0.4) is 0 Å². The van der Waals surface area contributed by atoms with E-state index in [9.17, 15) is 14.9 Å². The molecule has 0 N–H and O–H groups in total. The van der Waals surface area contributed by atoms with Gasteiger partial charge in [0, 0.05) is 37.2 Å². The molecule has 0 atom stereocenters. The van der Waals surface area contributed by atoms with E-state index in [1.807, 2.05) is 45.9 Å². The number of aromatic nitrogens is 1. The van der Waals surface area contributed by atoms with Gasteiger partial charge in [0.25, 0.3) is 5.56 Å². The third-order valence-electron chi connectivity index (χ3n) is 5.95.